The van der Waals surface area contributed by atoms with Crippen LogP contribution in [0.2, 0.25) is 5.15 Å². The predicted octanol–water partition coefficient (Wildman–Crippen LogP) is 2.81. The van der Waals surface area contributed by atoms with Crippen LogP contribution in [0.5, 0.6) is 0 Å². The van der Waals surface area contributed by atoms with Gasteiger partial charge in [-0.05, 0) is 11.1 Å². The minimum absolute atomic E-state index is 0.406. The first-order chi connectivity index (χ1) is 9.15. The smallest absolute Gasteiger partial charge is 0.326 e. The number of aromatic nitrogens is 1. The molecule has 2 aromatic rings. The van der Waals surface area contributed by atoms with Crippen molar-refractivity contribution in [3.8, 4) is 0 Å². The van der Waals surface area contributed by atoms with Crippen LogP contribution in [0.15, 0.2) is 29.6 Å². The lowest BCUT2D eigenvalue weighted by Crippen LogP contribution is -2.45. The van der Waals surface area contributed by atoms with Crippen molar-refractivity contribution in [1.29, 1.82) is 0 Å². The number of fused-ring (bicyclic) bond motifs is 1. The third-order valence-corrected chi connectivity index (χ3v) is 4.44. The Labute approximate surface area is 119 Å². The van der Waals surface area contributed by atoms with E-state index in [9.17, 15) is 9.90 Å². The minimum atomic E-state index is -0.833. The van der Waals surface area contributed by atoms with E-state index >= 15 is 0 Å². The molecule has 1 aromatic heterocycles. The first kappa shape index (κ1) is 12.4. The lowest BCUT2D eigenvalue weighted by molar-refractivity contribution is -0.138. The molecule has 0 fully saturated rings. The van der Waals surface area contributed by atoms with Crippen molar-refractivity contribution in [2.24, 2.45) is 0 Å². The van der Waals surface area contributed by atoms with Crippen molar-refractivity contribution < 1.29 is 9.90 Å². The van der Waals surface area contributed by atoms with Crippen LogP contribution in [0.4, 0.5) is 5.13 Å². The molecule has 19 heavy (non-hydrogen) atoms. The molecule has 0 saturated carbocycles. The van der Waals surface area contributed by atoms with Gasteiger partial charge in [0.1, 0.15) is 11.2 Å². The van der Waals surface area contributed by atoms with Gasteiger partial charge in [-0.25, -0.2) is 9.78 Å². The quantitative estimate of drug-likeness (QED) is 0.925. The summed E-state index contributed by atoms with van der Waals surface area (Å²) in [7, 11) is 0. The van der Waals surface area contributed by atoms with Crippen molar-refractivity contribution in [1.82, 2.24) is 4.98 Å². The van der Waals surface area contributed by atoms with Gasteiger partial charge < -0.3 is 10.0 Å². The fraction of sp³-hybridized carbons (Fsp3) is 0.231. The Morgan fingerprint density at radius 1 is 1.42 bits per heavy atom. The van der Waals surface area contributed by atoms with E-state index in [4.69, 9.17) is 11.6 Å². The van der Waals surface area contributed by atoms with E-state index in [0.717, 1.165) is 11.1 Å². The second kappa shape index (κ2) is 4.83. The maximum absolute atomic E-state index is 11.5. The molecule has 1 aromatic carbocycles. The molecule has 98 valence electrons. The van der Waals surface area contributed by atoms with Gasteiger partial charge in [0.25, 0.3) is 0 Å². The predicted molar refractivity (Wildman–Crippen MR) is 74.9 cm³/mol. The van der Waals surface area contributed by atoms with Crippen molar-refractivity contribution in [2.45, 2.75) is 19.0 Å². The Balaban J connectivity index is 2.00. The van der Waals surface area contributed by atoms with E-state index in [0.29, 0.717) is 23.3 Å². The second-order valence-electron chi connectivity index (χ2n) is 4.41. The van der Waals surface area contributed by atoms with Crippen LogP contribution in [0.3, 0.4) is 0 Å². The van der Waals surface area contributed by atoms with Gasteiger partial charge in [0.05, 0.1) is 0 Å². The van der Waals surface area contributed by atoms with Crippen LogP contribution in [0.1, 0.15) is 11.1 Å². The average Bonchev–Trinajstić information content (AvgIpc) is 2.83. The van der Waals surface area contributed by atoms with Crippen LogP contribution in [0, 0.1) is 0 Å². The number of rotatable bonds is 2. The lowest BCUT2D eigenvalue weighted by atomic mass is 9.94. The van der Waals surface area contributed by atoms with Gasteiger partial charge in [0.15, 0.2) is 5.13 Å². The van der Waals surface area contributed by atoms with E-state index in [-0.39, 0.29) is 0 Å². The standard InChI is InChI=1S/C13H11ClN2O2S/c14-11-7-19-13(15-11)16-6-9-4-2-1-3-8(9)5-10(16)12(17)18/h1-4,7,10H,5-6H2,(H,17,18). The number of benzene rings is 1. The van der Waals surface area contributed by atoms with Gasteiger partial charge in [-0.15, -0.1) is 11.3 Å². The minimum Gasteiger partial charge on any atom is -0.480 e. The third kappa shape index (κ3) is 2.31. The Morgan fingerprint density at radius 3 is 2.79 bits per heavy atom. The first-order valence-electron chi connectivity index (χ1n) is 5.82. The third-order valence-electron chi connectivity index (χ3n) is 3.24. The number of carboxylic acid groups (broad SMARTS) is 1. The zero-order valence-corrected chi connectivity index (χ0v) is 11.5. The van der Waals surface area contributed by atoms with E-state index in [1.165, 1.54) is 11.3 Å². The van der Waals surface area contributed by atoms with Crippen LogP contribution in [-0.4, -0.2) is 22.1 Å². The molecule has 6 heteroatoms. The SMILES string of the molecule is O=C(O)C1Cc2ccccc2CN1c1nc(Cl)cs1. The number of hydrogen-bond acceptors (Lipinski definition) is 4. The fourth-order valence-electron chi connectivity index (χ4n) is 2.32. The van der Waals surface area contributed by atoms with Crippen LogP contribution in [0.25, 0.3) is 0 Å². The van der Waals surface area contributed by atoms with Gasteiger partial charge in [-0.2, -0.15) is 0 Å². The molecule has 2 heterocycles. The molecule has 0 amide bonds. The summed E-state index contributed by atoms with van der Waals surface area (Å²) in [6, 6.07) is 7.32. The highest BCUT2D eigenvalue weighted by molar-refractivity contribution is 7.14. The molecule has 1 atom stereocenters. The summed E-state index contributed by atoms with van der Waals surface area (Å²) in [4.78, 5) is 17.5. The summed E-state index contributed by atoms with van der Waals surface area (Å²) in [6.45, 7) is 0.553. The molecule has 3 rings (SSSR count). The summed E-state index contributed by atoms with van der Waals surface area (Å²) in [5, 5.41) is 12.2. The zero-order chi connectivity index (χ0) is 13.4. The van der Waals surface area contributed by atoms with Crippen LogP contribution < -0.4 is 4.90 Å². The highest BCUT2D eigenvalue weighted by Crippen LogP contribution is 2.31. The largest absolute Gasteiger partial charge is 0.480 e. The number of aliphatic carboxylic acids is 1. The topological polar surface area (TPSA) is 53.4 Å². The maximum Gasteiger partial charge on any atom is 0.326 e. The van der Waals surface area contributed by atoms with Crippen LogP contribution in [-0.2, 0) is 17.8 Å². The zero-order valence-electron chi connectivity index (χ0n) is 9.91. The van der Waals surface area contributed by atoms with Gasteiger partial charge in [-0.3, -0.25) is 0 Å². The molecular formula is C13H11ClN2O2S. The Bertz CT molecular complexity index is 629. The van der Waals surface area contributed by atoms with E-state index in [1.54, 1.807) is 10.3 Å². The lowest BCUT2D eigenvalue weighted by Gasteiger charge is -2.34. The molecule has 0 spiro atoms. The van der Waals surface area contributed by atoms with Gasteiger partial charge in [0, 0.05) is 18.3 Å². The number of carboxylic acids is 1. The number of hydrogen-bond donors (Lipinski definition) is 1. The number of carbonyl (C=O) groups is 1. The van der Waals surface area contributed by atoms with Crippen molar-refractivity contribution in [3.05, 3.63) is 45.9 Å². The molecule has 4 nitrogen and oxygen atoms in total. The highest BCUT2D eigenvalue weighted by Gasteiger charge is 2.32. The summed E-state index contributed by atoms with van der Waals surface area (Å²) in [5.74, 6) is -0.833. The Morgan fingerprint density at radius 2 is 2.16 bits per heavy atom. The highest BCUT2D eigenvalue weighted by atomic mass is 35.5. The van der Waals surface area contributed by atoms with Gasteiger partial charge in [0.2, 0.25) is 0 Å². The Hall–Kier alpha value is -1.59. The molecule has 0 radical (unpaired) electrons. The van der Waals surface area contributed by atoms with Gasteiger partial charge in [-0.1, -0.05) is 35.9 Å². The summed E-state index contributed by atoms with van der Waals surface area (Å²) in [5.41, 5.74) is 2.24. The molecule has 1 aliphatic heterocycles. The van der Waals surface area contributed by atoms with E-state index in [1.807, 2.05) is 24.3 Å². The number of nitrogens with zero attached hydrogens (tertiary/aromatic N) is 2. The monoisotopic (exact) mass is 294 g/mol. The molecule has 0 saturated heterocycles. The molecule has 1 N–H and O–H groups in total. The average molecular weight is 295 g/mol. The van der Waals surface area contributed by atoms with E-state index in [2.05, 4.69) is 4.98 Å². The van der Waals surface area contributed by atoms with Crippen LogP contribution >= 0.6 is 22.9 Å². The maximum atomic E-state index is 11.5. The Kier molecular flexibility index (Phi) is 3.16. The van der Waals surface area contributed by atoms with Crippen molar-refractivity contribution in [2.75, 3.05) is 4.90 Å². The van der Waals surface area contributed by atoms with Gasteiger partial charge >= 0.3 is 5.97 Å². The normalized spacial score (nSPS) is 18.2. The summed E-state index contributed by atoms with van der Waals surface area (Å²) in [6.07, 6.45) is 0.489. The molecule has 0 aliphatic carbocycles. The first-order valence-corrected chi connectivity index (χ1v) is 7.08. The summed E-state index contributed by atoms with van der Waals surface area (Å²) >= 11 is 7.20. The number of halogens is 1. The molecule has 1 unspecified atom stereocenters. The molecule has 0 bridgehead atoms. The summed E-state index contributed by atoms with van der Waals surface area (Å²) < 4.78 is 0. The number of anilines is 1. The van der Waals surface area contributed by atoms with Crippen molar-refractivity contribution in [3.63, 3.8) is 0 Å². The van der Waals surface area contributed by atoms with E-state index < -0.39 is 12.0 Å². The van der Waals surface area contributed by atoms with Crippen molar-refractivity contribution >= 4 is 34.0 Å². The molecular weight excluding hydrogens is 284 g/mol. The molecule has 1 aliphatic rings. The number of thiazole rings is 1. The second-order valence-corrected chi connectivity index (χ2v) is 5.63. The fourth-order valence-corrected chi connectivity index (χ4v) is 3.32.